The van der Waals surface area contributed by atoms with Gasteiger partial charge < -0.3 is 0 Å². The average Bonchev–Trinajstić information content (AvgIpc) is 2.97. The van der Waals surface area contributed by atoms with E-state index in [0.717, 1.165) is 29.3 Å². The van der Waals surface area contributed by atoms with Gasteiger partial charge in [0, 0.05) is 30.6 Å². The Morgan fingerprint density at radius 1 is 1.29 bits per heavy atom. The van der Waals surface area contributed by atoms with Gasteiger partial charge in [0.05, 0.1) is 18.0 Å². The number of hydrogen-bond donors (Lipinski definition) is 0. The number of alkyl halides is 5. The van der Waals surface area contributed by atoms with Crippen LogP contribution in [0.1, 0.15) is 17.7 Å². The quantitative estimate of drug-likeness (QED) is 0.628. The summed E-state index contributed by atoms with van der Waals surface area (Å²) in [7, 11) is 0. The minimum atomic E-state index is -4.96. The van der Waals surface area contributed by atoms with Crippen molar-refractivity contribution < 1.29 is 26.3 Å². The van der Waals surface area contributed by atoms with Gasteiger partial charge in [-0.05, 0) is 18.6 Å². The standard InChI is InChI=1S/C17H12F6N4O/c1-8-2-12-25-14(17(21,22)23)13(15(28)27(12)7-11(8)18)9-4-24-26(5-9)6-10-3-16(10,19)20/h2,4-5,7,10H,3,6H2,1H3/t10-/m1/s1. The van der Waals surface area contributed by atoms with Crippen molar-refractivity contribution in [3.05, 3.63) is 52.1 Å². The van der Waals surface area contributed by atoms with Gasteiger partial charge in [-0.25, -0.2) is 18.2 Å². The van der Waals surface area contributed by atoms with Crippen LogP contribution in [0.4, 0.5) is 26.3 Å². The van der Waals surface area contributed by atoms with Gasteiger partial charge >= 0.3 is 6.18 Å². The zero-order chi connectivity index (χ0) is 20.4. The molecule has 11 heteroatoms. The van der Waals surface area contributed by atoms with E-state index in [1.807, 2.05) is 0 Å². The maximum absolute atomic E-state index is 13.8. The van der Waals surface area contributed by atoms with Gasteiger partial charge in [-0.3, -0.25) is 13.9 Å². The van der Waals surface area contributed by atoms with Crippen LogP contribution in [-0.4, -0.2) is 25.1 Å². The zero-order valence-corrected chi connectivity index (χ0v) is 14.3. The van der Waals surface area contributed by atoms with Crippen LogP contribution < -0.4 is 5.56 Å². The lowest BCUT2D eigenvalue weighted by molar-refractivity contribution is -0.140. The van der Waals surface area contributed by atoms with E-state index in [2.05, 4.69) is 10.1 Å². The largest absolute Gasteiger partial charge is 0.434 e. The molecule has 1 atom stereocenters. The molecule has 0 amide bonds. The van der Waals surface area contributed by atoms with Crippen molar-refractivity contribution in [2.24, 2.45) is 5.92 Å². The van der Waals surface area contributed by atoms with E-state index in [4.69, 9.17) is 0 Å². The van der Waals surface area contributed by atoms with Crippen molar-refractivity contribution in [1.82, 2.24) is 19.2 Å². The van der Waals surface area contributed by atoms with E-state index in [1.165, 1.54) is 6.92 Å². The SMILES string of the molecule is Cc1cc2nc(C(F)(F)F)c(-c3cnn(C[C@H]4CC4(F)F)c3)c(=O)n2cc1F. The average molecular weight is 402 g/mol. The predicted molar refractivity (Wildman–Crippen MR) is 85.4 cm³/mol. The highest BCUT2D eigenvalue weighted by Gasteiger charge is 2.56. The Hall–Kier alpha value is -2.85. The van der Waals surface area contributed by atoms with E-state index >= 15 is 0 Å². The molecule has 3 heterocycles. The number of pyridine rings is 1. The van der Waals surface area contributed by atoms with E-state index in [9.17, 15) is 31.1 Å². The Morgan fingerprint density at radius 2 is 1.96 bits per heavy atom. The zero-order valence-electron chi connectivity index (χ0n) is 14.3. The number of halogens is 6. The number of nitrogens with zero attached hydrogens (tertiary/aromatic N) is 4. The van der Waals surface area contributed by atoms with Gasteiger partial charge in [0.25, 0.3) is 11.5 Å². The molecule has 28 heavy (non-hydrogen) atoms. The van der Waals surface area contributed by atoms with E-state index in [1.54, 1.807) is 0 Å². The summed E-state index contributed by atoms with van der Waals surface area (Å²) in [5.41, 5.74) is -3.95. The Labute approximate surface area is 153 Å². The lowest BCUT2D eigenvalue weighted by Gasteiger charge is -2.13. The molecule has 0 aliphatic heterocycles. The van der Waals surface area contributed by atoms with Crippen LogP contribution in [0.5, 0.6) is 0 Å². The van der Waals surface area contributed by atoms with E-state index in [0.29, 0.717) is 4.40 Å². The van der Waals surface area contributed by atoms with Gasteiger partial charge in [0.2, 0.25) is 0 Å². The molecular formula is C17H12F6N4O. The van der Waals surface area contributed by atoms with Crippen molar-refractivity contribution >= 4 is 5.65 Å². The Morgan fingerprint density at radius 3 is 2.57 bits per heavy atom. The molecular weight excluding hydrogens is 390 g/mol. The highest BCUT2D eigenvalue weighted by Crippen LogP contribution is 2.49. The second-order valence-corrected chi connectivity index (χ2v) is 6.78. The molecule has 0 N–H and O–H groups in total. The topological polar surface area (TPSA) is 52.2 Å². The van der Waals surface area contributed by atoms with Crippen molar-refractivity contribution in [2.45, 2.75) is 32.0 Å². The van der Waals surface area contributed by atoms with Crippen molar-refractivity contribution in [1.29, 1.82) is 0 Å². The van der Waals surface area contributed by atoms with E-state index in [-0.39, 0.29) is 29.7 Å². The minimum absolute atomic E-state index is 0.0333. The Balaban J connectivity index is 1.88. The fourth-order valence-electron chi connectivity index (χ4n) is 3.01. The summed E-state index contributed by atoms with van der Waals surface area (Å²) in [4.78, 5) is 16.2. The maximum atomic E-state index is 13.8. The molecule has 148 valence electrons. The van der Waals surface area contributed by atoms with Crippen LogP contribution >= 0.6 is 0 Å². The summed E-state index contributed by atoms with van der Waals surface area (Å²) in [6.45, 7) is 1.14. The maximum Gasteiger partial charge on any atom is 0.434 e. The van der Waals surface area contributed by atoms with Crippen LogP contribution in [0.25, 0.3) is 16.8 Å². The molecule has 1 aliphatic rings. The molecule has 1 saturated carbocycles. The summed E-state index contributed by atoms with van der Waals surface area (Å²) in [5.74, 6) is -4.55. The molecule has 1 fully saturated rings. The molecule has 0 unspecified atom stereocenters. The molecule has 0 radical (unpaired) electrons. The van der Waals surface area contributed by atoms with Gasteiger partial charge in [-0.2, -0.15) is 18.3 Å². The summed E-state index contributed by atoms with van der Waals surface area (Å²) in [5, 5.41) is 3.78. The first kappa shape index (κ1) is 18.5. The third-order valence-electron chi connectivity index (χ3n) is 4.66. The lowest BCUT2D eigenvalue weighted by atomic mass is 10.1. The number of aryl methyl sites for hydroxylation is 1. The number of rotatable bonds is 3. The summed E-state index contributed by atoms with van der Waals surface area (Å²) >= 11 is 0. The fraction of sp³-hybridized carbons (Fsp3) is 0.353. The molecule has 0 saturated heterocycles. The van der Waals surface area contributed by atoms with Crippen LogP contribution in [0, 0.1) is 18.7 Å². The highest BCUT2D eigenvalue weighted by molar-refractivity contribution is 5.66. The number of fused-ring (bicyclic) bond motifs is 1. The molecule has 0 bridgehead atoms. The third-order valence-corrected chi connectivity index (χ3v) is 4.66. The molecule has 1 aliphatic carbocycles. The Bertz CT molecular complexity index is 1150. The van der Waals surface area contributed by atoms with Gasteiger partial charge in [-0.15, -0.1) is 0 Å². The first-order valence-corrected chi connectivity index (χ1v) is 8.18. The third kappa shape index (κ3) is 3.04. The molecule has 5 nitrogen and oxygen atoms in total. The second kappa shape index (κ2) is 5.82. The smallest absolute Gasteiger partial charge is 0.272 e. The second-order valence-electron chi connectivity index (χ2n) is 6.78. The van der Waals surface area contributed by atoms with Gasteiger partial charge in [-0.1, -0.05) is 0 Å². The van der Waals surface area contributed by atoms with Crippen molar-refractivity contribution in [3.8, 4) is 11.1 Å². The first-order valence-electron chi connectivity index (χ1n) is 8.18. The molecule has 0 aromatic carbocycles. The van der Waals surface area contributed by atoms with Crippen LogP contribution in [0.3, 0.4) is 0 Å². The molecule has 0 spiro atoms. The molecule has 3 aromatic heterocycles. The van der Waals surface area contributed by atoms with Crippen LogP contribution in [0.15, 0.2) is 29.5 Å². The first-order chi connectivity index (χ1) is 13.0. The Kier molecular flexibility index (Phi) is 3.85. The van der Waals surface area contributed by atoms with Gasteiger partial charge in [0.15, 0.2) is 5.69 Å². The molecule has 3 aromatic rings. The highest BCUT2D eigenvalue weighted by atomic mass is 19.4. The van der Waals surface area contributed by atoms with Gasteiger partial charge in [0.1, 0.15) is 11.5 Å². The predicted octanol–water partition coefficient (Wildman–Crippen LogP) is 3.68. The molecule has 4 rings (SSSR count). The fourth-order valence-corrected chi connectivity index (χ4v) is 3.01. The van der Waals surface area contributed by atoms with Crippen molar-refractivity contribution in [2.75, 3.05) is 0 Å². The minimum Gasteiger partial charge on any atom is -0.272 e. The number of hydrogen-bond acceptors (Lipinski definition) is 3. The van der Waals surface area contributed by atoms with E-state index < -0.39 is 40.7 Å². The monoisotopic (exact) mass is 402 g/mol. The normalized spacial score (nSPS) is 18.6. The van der Waals surface area contributed by atoms with Crippen LogP contribution in [-0.2, 0) is 12.7 Å². The van der Waals surface area contributed by atoms with Crippen LogP contribution in [0.2, 0.25) is 0 Å². The van der Waals surface area contributed by atoms with Crippen molar-refractivity contribution in [3.63, 3.8) is 0 Å². The summed E-state index contributed by atoms with van der Waals surface area (Å²) in [6.07, 6.45) is -2.46. The lowest BCUT2D eigenvalue weighted by Crippen LogP contribution is -2.24. The summed E-state index contributed by atoms with van der Waals surface area (Å²) < 4.78 is 82.3. The summed E-state index contributed by atoms with van der Waals surface area (Å²) in [6, 6.07) is 1.04. The number of aromatic nitrogens is 4.